The SMILES string of the molecule is Cc1ccc(-c2noc(C[N+]3=C4C=CC=CC4C(=O)N(CC(C)C)C3=O)n2)cc1. The van der Waals surface area contributed by atoms with Crippen LogP contribution in [0.25, 0.3) is 11.4 Å². The second kappa shape index (κ2) is 7.58. The molecule has 0 radical (unpaired) electrons. The number of nitrogens with zero attached hydrogens (tertiary/aromatic N) is 4. The van der Waals surface area contributed by atoms with Gasteiger partial charge in [0.25, 0.3) is 5.89 Å². The Hall–Kier alpha value is -3.35. The van der Waals surface area contributed by atoms with Crippen molar-refractivity contribution >= 4 is 17.6 Å². The molecule has 2 heterocycles. The number of carbonyl (C=O) groups is 2. The predicted octanol–water partition coefficient (Wildman–Crippen LogP) is 3.36. The second-order valence-corrected chi connectivity index (χ2v) is 7.74. The molecule has 148 valence electrons. The maximum Gasteiger partial charge on any atom is 0.501 e. The molecule has 1 aliphatic heterocycles. The number of urea groups is 1. The molecular formula is C22H23N4O3+. The lowest BCUT2D eigenvalue weighted by Gasteiger charge is -2.27. The van der Waals surface area contributed by atoms with E-state index in [0.717, 1.165) is 11.1 Å². The molecule has 4 rings (SSSR count). The van der Waals surface area contributed by atoms with Crippen molar-refractivity contribution in [2.45, 2.75) is 27.3 Å². The molecule has 0 N–H and O–H groups in total. The number of aromatic nitrogens is 2. The van der Waals surface area contributed by atoms with Crippen LogP contribution in [0.4, 0.5) is 4.79 Å². The second-order valence-electron chi connectivity index (χ2n) is 7.74. The molecule has 2 aliphatic rings. The molecular weight excluding hydrogens is 368 g/mol. The van der Waals surface area contributed by atoms with Crippen molar-refractivity contribution in [1.82, 2.24) is 15.0 Å². The third-order valence-electron chi connectivity index (χ3n) is 4.92. The Morgan fingerprint density at radius 2 is 1.93 bits per heavy atom. The predicted molar refractivity (Wildman–Crippen MR) is 107 cm³/mol. The molecule has 1 atom stereocenters. The minimum Gasteiger partial charge on any atom is -0.335 e. The minimum atomic E-state index is -0.476. The van der Waals surface area contributed by atoms with Gasteiger partial charge in [-0.25, -0.2) is 4.79 Å². The zero-order valence-corrected chi connectivity index (χ0v) is 16.7. The number of allylic oxidation sites excluding steroid dienone is 3. The fourth-order valence-corrected chi connectivity index (χ4v) is 3.48. The molecule has 0 bridgehead atoms. The Morgan fingerprint density at radius 3 is 2.66 bits per heavy atom. The van der Waals surface area contributed by atoms with Crippen LogP contribution in [0.1, 0.15) is 25.3 Å². The number of hydrogen-bond acceptors (Lipinski definition) is 5. The van der Waals surface area contributed by atoms with Gasteiger partial charge in [0.1, 0.15) is 11.6 Å². The van der Waals surface area contributed by atoms with E-state index >= 15 is 0 Å². The Labute approximate surface area is 169 Å². The van der Waals surface area contributed by atoms with Crippen LogP contribution in [-0.2, 0) is 11.3 Å². The summed E-state index contributed by atoms with van der Waals surface area (Å²) < 4.78 is 6.97. The van der Waals surface area contributed by atoms with Crippen LogP contribution >= 0.6 is 0 Å². The quantitative estimate of drug-likeness (QED) is 0.730. The Bertz CT molecular complexity index is 1040. The number of hydrogen-bond donors (Lipinski definition) is 0. The van der Waals surface area contributed by atoms with Crippen molar-refractivity contribution in [3.8, 4) is 11.4 Å². The fourth-order valence-electron chi connectivity index (χ4n) is 3.48. The Morgan fingerprint density at radius 1 is 1.17 bits per heavy atom. The lowest BCUT2D eigenvalue weighted by atomic mass is 9.94. The standard InChI is InChI=1S/C22H23N4O3/c1-14(2)12-26-21(27)17-6-4-5-7-18(17)25(22(26)28)13-19-23-20(24-29-19)16-10-8-15(3)9-11-16/h4-11,14,17H,12-13H2,1-3H3/q+1. The molecule has 29 heavy (non-hydrogen) atoms. The summed E-state index contributed by atoms with van der Waals surface area (Å²) in [5.74, 6) is 0.297. The molecule has 0 saturated heterocycles. The molecule has 1 unspecified atom stereocenters. The Balaban J connectivity index is 1.66. The van der Waals surface area contributed by atoms with Gasteiger partial charge >= 0.3 is 11.9 Å². The summed E-state index contributed by atoms with van der Waals surface area (Å²) >= 11 is 0. The first-order valence-electron chi connectivity index (χ1n) is 9.68. The van der Waals surface area contributed by atoms with Crippen LogP contribution in [0, 0.1) is 18.8 Å². The topological polar surface area (TPSA) is 79.3 Å². The van der Waals surface area contributed by atoms with Gasteiger partial charge < -0.3 is 4.52 Å². The smallest absolute Gasteiger partial charge is 0.335 e. The molecule has 0 spiro atoms. The van der Waals surface area contributed by atoms with Gasteiger partial charge in [0.15, 0.2) is 6.54 Å². The van der Waals surface area contributed by atoms with E-state index in [1.165, 1.54) is 4.90 Å². The summed E-state index contributed by atoms with van der Waals surface area (Å²) in [6, 6.07) is 7.46. The van der Waals surface area contributed by atoms with E-state index < -0.39 is 5.92 Å². The van der Waals surface area contributed by atoms with Crippen LogP contribution in [-0.4, -0.2) is 43.8 Å². The fraction of sp³-hybridized carbons (Fsp3) is 0.318. The first kappa shape index (κ1) is 19.0. The highest BCUT2D eigenvalue weighted by molar-refractivity contribution is 6.16. The zero-order chi connectivity index (χ0) is 20.5. The summed E-state index contributed by atoms with van der Waals surface area (Å²) in [4.78, 5) is 31.7. The summed E-state index contributed by atoms with van der Waals surface area (Å²) in [6.07, 6.45) is 7.26. The van der Waals surface area contributed by atoms with Crippen molar-refractivity contribution in [3.05, 3.63) is 60.0 Å². The molecule has 0 saturated carbocycles. The van der Waals surface area contributed by atoms with Gasteiger partial charge in [-0.1, -0.05) is 67.1 Å². The van der Waals surface area contributed by atoms with Gasteiger partial charge in [-0.2, -0.15) is 19.3 Å². The maximum absolute atomic E-state index is 13.1. The van der Waals surface area contributed by atoms with E-state index in [2.05, 4.69) is 10.1 Å². The van der Waals surface area contributed by atoms with Crippen molar-refractivity contribution < 1.29 is 18.7 Å². The van der Waals surface area contributed by atoms with Crippen LogP contribution in [0.5, 0.6) is 0 Å². The zero-order valence-electron chi connectivity index (χ0n) is 16.7. The van der Waals surface area contributed by atoms with Crippen LogP contribution in [0.2, 0.25) is 0 Å². The maximum atomic E-state index is 13.1. The van der Waals surface area contributed by atoms with Gasteiger partial charge in [-0.05, 0) is 18.9 Å². The van der Waals surface area contributed by atoms with Gasteiger partial charge in [0.2, 0.25) is 5.82 Å². The number of rotatable bonds is 5. The summed E-state index contributed by atoms with van der Waals surface area (Å²) in [5.41, 5.74) is 2.63. The molecule has 3 amide bonds. The third kappa shape index (κ3) is 3.68. The molecule has 1 aliphatic carbocycles. The molecule has 1 aromatic heterocycles. The molecule has 7 heteroatoms. The monoisotopic (exact) mass is 391 g/mol. The largest absolute Gasteiger partial charge is 0.501 e. The van der Waals surface area contributed by atoms with E-state index in [4.69, 9.17) is 4.52 Å². The van der Waals surface area contributed by atoms with E-state index in [9.17, 15) is 9.59 Å². The first-order valence-corrected chi connectivity index (χ1v) is 9.68. The van der Waals surface area contributed by atoms with E-state index in [1.807, 2.05) is 63.3 Å². The van der Waals surface area contributed by atoms with E-state index in [0.29, 0.717) is 24.0 Å². The highest BCUT2D eigenvalue weighted by atomic mass is 16.5. The number of imide groups is 1. The van der Waals surface area contributed by atoms with Crippen LogP contribution in [0.3, 0.4) is 0 Å². The lowest BCUT2D eigenvalue weighted by molar-refractivity contribution is -0.460. The number of aryl methyl sites for hydroxylation is 1. The van der Waals surface area contributed by atoms with Crippen LogP contribution in [0.15, 0.2) is 53.1 Å². The Kier molecular flexibility index (Phi) is 4.96. The van der Waals surface area contributed by atoms with E-state index in [-0.39, 0.29) is 24.4 Å². The van der Waals surface area contributed by atoms with Gasteiger partial charge in [0.05, 0.1) is 6.54 Å². The minimum absolute atomic E-state index is 0.115. The van der Waals surface area contributed by atoms with Crippen molar-refractivity contribution in [3.63, 3.8) is 0 Å². The third-order valence-corrected chi connectivity index (χ3v) is 4.92. The average Bonchev–Trinajstić information content (AvgIpc) is 3.17. The van der Waals surface area contributed by atoms with Gasteiger partial charge in [0, 0.05) is 5.56 Å². The number of benzene rings is 1. The van der Waals surface area contributed by atoms with Crippen LogP contribution < -0.4 is 0 Å². The van der Waals surface area contributed by atoms with E-state index in [1.54, 1.807) is 10.7 Å². The van der Waals surface area contributed by atoms with Gasteiger partial charge in [-0.3, -0.25) is 0 Å². The number of carbonyl (C=O) groups excluding carboxylic acids is 2. The van der Waals surface area contributed by atoms with Crippen molar-refractivity contribution in [2.75, 3.05) is 6.54 Å². The summed E-state index contributed by atoms with van der Waals surface area (Å²) in [7, 11) is 0. The highest BCUT2D eigenvalue weighted by Gasteiger charge is 2.47. The normalized spacial score (nSPS) is 18.8. The molecule has 7 nitrogen and oxygen atoms in total. The van der Waals surface area contributed by atoms with Gasteiger partial charge in [-0.15, -0.1) is 0 Å². The molecule has 0 fully saturated rings. The van der Waals surface area contributed by atoms with Crippen molar-refractivity contribution in [1.29, 1.82) is 0 Å². The molecule has 2 aromatic rings. The molecule has 1 aromatic carbocycles. The highest BCUT2D eigenvalue weighted by Crippen LogP contribution is 2.22. The lowest BCUT2D eigenvalue weighted by Crippen LogP contribution is -2.55. The summed E-state index contributed by atoms with van der Waals surface area (Å²) in [6.45, 7) is 6.45. The number of amides is 3. The summed E-state index contributed by atoms with van der Waals surface area (Å²) in [5, 5.41) is 4.05. The first-order chi connectivity index (χ1) is 13.9. The van der Waals surface area contributed by atoms with Crippen molar-refractivity contribution in [2.24, 2.45) is 11.8 Å². The number of fused-ring (bicyclic) bond motifs is 1. The average molecular weight is 391 g/mol.